The summed E-state index contributed by atoms with van der Waals surface area (Å²) in [5.41, 5.74) is 2.05. The van der Waals surface area contributed by atoms with Crippen molar-refractivity contribution in [2.24, 2.45) is 0 Å². The third-order valence-electron chi connectivity index (χ3n) is 3.93. The van der Waals surface area contributed by atoms with Crippen molar-refractivity contribution >= 4 is 17.5 Å². The molecule has 0 spiro atoms. The molecule has 0 fully saturated rings. The first-order valence-corrected chi connectivity index (χ1v) is 8.63. The SMILES string of the molecule is C#CCOc1ccc(CCC(=O)N(C)Cc2ccc(Cl)cc2)cc1OC. The molecule has 0 aliphatic rings. The zero-order chi connectivity index (χ0) is 18.9. The van der Waals surface area contributed by atoms with E-state index in [4.69, 9.17) is 27.5 Å². The number of rotatable bonds is 8. The summed E-state index contributed by atoms with van der Waals surface area (Å²) in [7, 11) is 3.38. The molecule has 2 aromatic rings. The van der Waals surface area contributed by atoms with Crippen LogP contribution in [-0.2, 0) is 17.8 Å². The Morgan fingerprint density at radius 3 is 2.50 bits per heavy atom. The maximum atomic E-state index is 12.4. The minimum absolute atomic E-state index is 0.0755. The molecule has 26 heavy (non-hydrogen) atoms. The highest BCUT2D eigenvalue weighted by atomic mass is 35.5. The van der Waals surface area contributed by atoms with Gasteiger partial charge >= 0.3 is 0 Å². The van der Waals surface area contributed by atoms with Crippen LogP contribution in [0.2, 0.25) is 5.02 Å². The summed E-state index contributed by atoms with van der Waals surface area (Å²) in [4.78, 5) is 14.1. The number of methoxy groups -OCH3 is 1. The van der Waals surface area contributed by atoms with Gasteiger partial charge in [-0.2, -0.15) is 0 Å². The van der Waals surface area contributed by atoms with Gasteiger partial charge in [0, 0.05) is 25.0 Å². The van der Waals surface area contributed by atoms with Crippen LogP contribution in [0.1, 0.15) is 17.5 Å². The molecule has 0 aliphatic heterocycles. The summed E-state index contributed by atoms with van der Waals surface area (Å²) in [5.74, 6) is 3.71. The van der Waals surface area contributed by atoms with E-state index in [-0.39, 0.29) is 12.5 Å². The van der Waals surface area contributed by atoms with Crippen molar-refractivity contribution in [3.8, 4) is 23.8 Å². The Balaban J connectivity index is 1.91. The lowest BCUT2D eigenvalue weighted by Gasteiger charge is -2.17. The zero-order valence-electron chi connectivity index (χ0n) is 15.0. The zero-order valence-corrected chi connectivity index (χ0v) is 15.8. The van der Waals surface area contributed by atoms with E-state index in [1.807, 2.05) is 42.5 Å². The van der Waals surface area contributed by atoms with Crippen molar-refractivity contribution in [2.45, 2.75) is 19.4 Å². The molecule has 0 atom stereocenters. The molecule has 0 saturated carbocycles. The summed E-state index contributed by atoms with van der Waals surface area (Å²) in [5, 5.41) is 0.686. The van der Waals surface area contributed by atoms with Crippen LogP contribution >= 0.6 is 11.6 Å². The number of carbonyl (C=O) groups excluding carboxylic acids is 1. The second kappa shape index (κ2) is 9.74. The van der Waals surface area contributed by atoms with Gasteiger partial charge in [0.1, 0.15) is 6.61 Å². The van der Waals surface area contributed by atoms with E-state index in [1.165, 1.54) is 0 Å². The van der Waals surface area contributed by atoms with Crippen LogP contribution in [0.3, 0.4) is 0 Å². The fraction of sp³-hybridized carbons (Fsp3) is 0.286. The van der Waals surface area contributed by atoms with Gasteiger partial charge in [-0.05, 0) is 41.8 Å². The molecule has 0 radical (unpaired) electrons. The van der Waals surface area contributed by atoms with E-state index in [9.17, 15) is 4.79 Å². The lowest BCUT2D eigenvalue weighted by molar-refractivity contribution is -0.130. The second-order valence-corrected chi connectivity index (χ2v) is 6.29. The quantitative estimate of drug-likeness (QED) is 0.659. The molecule has 5 heteroatoms. The van der Waals surface area contributed by atoms with E-state index in [0.717, 1.165) is 11.1 Å². The van der Waals surface area contributed by atoms with Crippen LogP contribution in [0.25, 0.3) is 0 Å². The van der Waals surface area contributed by atoms with E-state index in [1.54, 1.807) is 19.1 Å². The van der Waals surface area contributed by atoms with Gasteiger partial charge in [-0.25, -0.2) is 0 Å². The lowest BCUT2D eigenvalue weighted by Crippen LogP contribution is -2.26. The van der Waals surface area contributed by atoms with Gasteiger partial charge in [-0.1, -0.05) is 35.7 Å². The molecule has 0 unspecified atom stereocenters. The Kier molecular flexibility index (Phi) is 7.37. The van der Waals surface area contributed by atoms with Gasteiger partial charge in [0.2, 0.25) is 5.91 Å². The van der Waals surface area contributed by atoms with Crippen molar-refractivity contribution in [1.82, 2.24) is 4.90 Å². The van der Waals surface area contributed by atoms with Gasteiger partial charge in [0.25, 0.3) is 0 Å². The summed E-state index contributed by atoms with van der Waals surface area (Å²) in [6.45, 7) is 0.738. The van der Waals surface area contributed by atoms with Gasteiger partial charge in [-0.3, -0.25) is 4.79 Å². The third kappa shape index (κ3) is 5.72. The molecule has 2 aromatic carbocycles. The molecule has 0 saturated heterocycles. The topological polar surface area (TPSA) is 38.8 Å². The Morgan fingerprint density at radius 2 is 1.85 bits per heavy atom. The number of terminal acetylenes is 1. The molecule has 0 N–H and O–H groups in total. The second-order valence-electron chi connectivity index (χ2n) is 5.85. The van der Waals surface area contributed by atoms with E-state index in [0.29, 0.717) is 35.9 Å². The summed E-state index contributed by atoms with van der Waals surface area (Å²) in [6.07, 6.45) is 6.24. The number of ether oxygens (including phenoxy) is 2. The van der Waals surface area contributed by atoms with E-state index < -0.39 is 0 Å². The Morgan fingerprint density at radius 1 is 1.15 bits per heavy atom. The molecule has 0 heterocycles. The standard InChI is InChI=1S/C21H22ClNO3/c1-4-13-26-19-11-7-16(14-20(19)25-3)8-12-21(24)23(2)15-17-5-9-18(22)10-6-17/h1,5-7,9-11,14H,8,12-13,15H2,2-3H3. The largest absolute Gasteiger partial charge is 0.493 e. The first-order valence-electron chi connectivity index (χ1n) is 8.25. The van der Waals surface area contributed by atoms with Gasteiger partial charge in [0.15, 0.2) is 11.5 Å². The van der Waals surface area contributed by atoms with Crippen LogP contribution in [0, 0.1) is 12.3 Å². The molecule has 136 valence electrons. The van der Waals surface area contributed by atoms with Gasteiger partial charge in [-0.15, -0.1) is 6.42 Å². The van der Waals surface area contributed by atoms with Crippen molar-refractivity contribution in [2.75, 3.05) is 20.8 Å². The highest BCUT2D eigenvalue weighted by molar-refractivity contribution is 6.30. The number of hydrogen-bond acceptors (Lipinski definition) is 3. The van der Waals surface area contributed by atoms with Crippen LogP contribution in [0.5, 0.6) is 11.5 Å². The van der Waals surface area contributed by atoms with Crippen molar-refractivity contribution < 1.29 is 14.3 Å². The van der Waals surface area contributed by atoms with Crippen LogP contribution in [-0.4, -0.2) is 31.6 Å². The number of nitrogens with zero attached hydrogens (tertiary/aromatic N) is 1. The molecule has 4 nitrogen and oxygen atoms in total. The number of aryl methyl sites for hydroxylation is 1. The lowest BCUT2D eigenvalue weighted by atomic mass is 10.1. The number of amides is 1. The monoisotopic (exact) mass is 371 g/mol. The molecule has 2 rings (SSSR count). The summed E-state index contributed by atoms with van der Waals surface area (Å²) < 4.78 is 10.8. The molecule has 0 aliphatic carbocycles. The normalized spacial score (nSPS) is 10.1. The number of benzene rings is 2. The predicted octanol–water partition coefficient (Wildman–Crippen LogP) is 3.95. The first-order chi connectivity index (χ1) is 12.5. The maximum absolute atomic E-state index is 12.4. The van der Waals surface area contributed by atoms with Crippen molar-refractivity contribution in [1.29, 1.82) is 0 Å². The fourth-order valence-corrected chi connectivity index (χ4v) is 2.63. The summed E-state index contributed by atoms with van der Waals surface area (Å²) in [6, 6.07) is 13.1. The Labute approximate surface area is 159 Å². The average molecular weight is 372 g/mol. The number of halogens is 1. The van der Waals surface area contributed by atoms with E-state index in [2.05, 4.69) is 5.92 Å². The molecule has 0 bridgehead atoms. The highest BCUT2D eigenvalue weighted by Crippen LogP contribution is 2.28. The molecular weight excluding hydrogens is 350 g/mol. The van der Waals surface area contributed by atoms with Crippen LogP contribution in [0.15, 0.2) is 42.5 Å². The van der Waals surface area contributed by atoms with Gasteiger partial charge < -0.3 is 14.4 Å². The van der Waals surface area contributed by atoms with Crippen molar-refractivity contribution in [3.05, 3.63) is 58.6 Å². The Bertz CT molecular complexity index is 781. The number of carbonyl (C=O) groups is 1. The highest BCUT2D eigenvalue weighted by Gasteiger charge is 2.11. The first kappa shape index (κ1) is 19.7. The van der Waals surface area contributed by atoms with Gasteiger partial charge in [0.05, 0.1) is 7.11 Å². The number of hydrogen-bond donors (Lipinski definition) is 0. The minimum Gasteiger partial charge on any atom is -0.493 e. The average Bonchev–Trinajstić information content (AvgIpc) is 2.66. The predicted molar refractivity (Wildman–Crippen MR) is 104 cm³/mol. The van der Waals surface area contributed by atoms with Crippen LogP contribution in [0.4, 0.5) is 0 Å². The Hall–Kier alpha value is -2.64. The van der Waals surface area contributed by atoms with E-state index >= 15 is 0 Å². The smallest absolute Gasteiger partial charge is 0.222 e. The molecular formula is C21H22ClNO3. The van der Waals surface area contributed by atoms with Crippen molar-refractivity contribution in [3.63, 3.8) is 0 Å². The van der Waals surface area contributed by atoms with Crippen LogP contribution < -0.4 is 9.47 Å². The fourth-order valence-electron chi connectivity index (χ4n) is 2.50. The molecule has 1 amide bonds. The maximum Gasteiger partial charge on any atom is 0.222 e. The summed E-state index contributed by atoms with van der Waals surface area (Å²) >= 11 is 5.88. The molecule has 0 aromatic heterocycles. The third-order valence-corrected chi connectivity index (χ3v) is 4.18. The minimum atomic E-state index is 0.0755.